The number of alkyl halides is 3. The molecular formula is C31H49F3N4O13. The van der Waals surface area contributed by atoms with Crippen LogP contribution in [0.5, 0.6) is 0 Å². The Morgan fingerprint density at radius 2 is 1.31 bits per heavy atom. The highest BCUT2D eigenvalue weighted by atomic mass is 19.4. The van der Waals surface area contributed by atoms with Crippen LogP contribution >= 0.6 is 0 Å². The van der Waals surface area contributed by atoms with E-state index >= 15 is 0 Å². The minimum absolute atomic E-state index is 0.156. The number of fused-ring (bicyclic) bond motifs is 1. The number of amides is 1. The van der Waals surface area contributed by atoms with Gasteiger partial charge in [-0.25, -0.2) is 9.13 Å². The largest absolute Gasteiger partial charge is 0.542 e. The number of halogens is 3. The summed E-state index contributed by atoms with van der Waals surface area (Å²) in [7, 11) is 0. The Hall–Kier alpha value is -3.02. The zero-order valence-electron chi connectivity index (χ0n) is 28.2. The van der Waals surface area contributed by atoms with Gasteiger partial charge in [0.2, 0.25) is 6.33 Å². The number of aromatic nitrogens is 2. The summed E-state index contributed by atoms with van der Waals surface area (Å²) in [6.07, 6.45) is -16.6. The maximum Gasteiger partial charge on any atom is 0.430 e. The lowest BCUT2D eigenvalue weighted by atomic mass is 9.97. The van der Waals surface area contributed by atoms with Crippen LogP contribution < -0.4 is 9.67 Å². The number of aliphatic carboxylic acids is 1. The molecule has 0 unspecified atom stereocenters. The molecule has 1 aliphatic heterocycles. The molecule has 0 saturated carbocycles. The second-order valence-corrected chi connectivity index (χ2v) is 12.3. The Morgan fingerprint density at radius 1 is 0.863 bits per heavy atom. The van der Waals surface area contributed by atoms with Crippen molar-refractivity contribution in [1.82, 2.24) is 14.4 Å². The summed E-state index contributed by atoms with van der Waals surface area (Å²) < 4.78 is 35.7. The molecule has 0 radical (unpaired) electrons. The maximum absolute atomic E-state index is 13.5. The molecule has 2 heterocycles. The number of aryl methyl sites for hydroxylation is 2. The first-order chi connectivity index (χ1) is 23.8. The summed E-state index contributed by atoms with van der Waals surface area (Å²) in [4.78, 5) is 25.5. The number of likely N-dealkylation sites (tertiary alicyclic amines) is 1. The number of hydrogen-bond acceptors (Lipinski definition) is 14. The second kappa shape index (κ2) is 19.7. The van der Waals surface area contributed by atoms with Crippen LogP contribution in [0.15, 0.2) is 24.5 Å². The van der Waals surface area contributed by atoms with E-state index in [0.29, 0.717) is 31.5 Å². The summed E-state index contributed by atoms with van der Waals surface area (Å²) in [5.41, 5.74) is 2.51. The first kappa shape index (κ1) is 44.1. The molecule has 20 heteroatoms. The summed E-state index contributed by atoms with van der Waals surface area (Å²) in [6, 6.07) is 5.21. The average molecular weight is 743 g/mol. The van der Waals surface area contributed by atoms with Crippen molar-refractivity contribution in [1.29, 1.82) is 0 Å². The highest BCUT2D eigenvalue weighted by molar-refractivity contribution is 5.97. The van der Waals surface area contributed by atoms with Crippen molar-refractivity contribution in [2.24, 2.45) is 0 Å². The number of hydrogen-bond donors (Lipinski definition) is 10. The summed E-state index contributed by atoms with van der Waals surface area (Å²) >= 11 is 0. The van der Waals surface area contributed by atoms with Gasteiger partial charge in [0.1, 0.15) is 42.6 Å². The highest BCUT2D eigenvalue weighted by Gasteiger charge is 2.37. The summed E-state index contributed by atoms with van der Waals surface area (Å²) in [6.45, 7) is 3.84. The fraction of sp³-hybridized carbons (Fsp3) is 0.710. The molecule has 292 valence electrons. The lowest BCUT2D eigenvalue weighted by molar-refractivity contribution is -0.668. The van der Waals surface area contributed by atoms with Gasteiger partial charge in [-0.15, -0.1) is 0 Å². The third-order valence-corrected chi connectivity index (χ3v) is 8.79. The minimum Gasteiger partial charge on any atom is -0.542 e. The van der Waals surface area contributed by atoms with Crippen LogP contribution in [0, 0.1) is 0 Å². The van der Waals surface area contributed by atoms with Crippen LogP contribution in [0.2, 0.25) is 0 Å². The number of piperidine rings is 1. The number of benzene rings is 1. The van der Waals surface area contributed by atoms with Crippen molar-refractivity contribution in [2.75, 3.05) is 39.4 Å². The molecule has 1 saturated heterocycles. The van der Waals surface area contributed by atoms with Crippen LogP contribution in [0.1, 0.15) is 37.0 Å². The summed E-state index contributed by atoms with van der Waals surface area (Å²) in [5, 5.41) is 109. The van der Waals surface area contributed by atoms with E-state index in [1.807, 2.05) is 32.3 Å². The molecule has 1 fully saturated rings. The lowest BCUT2D eigenvalue weighted by Gasteiger charge is -2.41. The fourth-order valence-corrected chi connectivity index (χ4v) is 5.74. The highest BCUT2D eigenvalue weighted by Crippen LogP contribution is 2.23. The molecule has 2 aromatic rings. The molecule has 1 aliphatic rings. The Balaban J connectivity index is 0.00000116. The van der Waals surface area contributed by atoms with E-state index in [1.165, 1.54) is 4.90 Å². The van der Waals surface area contributed by atoms with E-state index in [9.17, 15) is 58.8 Å². The molecular weight excluding hydrogens is 693 g/mol. The van der Waals surface area contributed by atoms with E-state index < -0.39 is 74.2 Å². The van der Waals surface area contributed by atoms with Crippen molar-refractivity contribution >= 4 is 22.9 Å². The van der Waals surface area contributed by atoms with Gasteiger partial charge in [-0.2, -0.15) is 13.2 Å². The minimum atomic E-state index is -5.19. The number of aliphatic hydroxyl groups excluding tert-OH is 10. The van der Waals surface area contributed by atoms with Crippen LogP contribution in [0.25, 0.3) is 11.0 Å². The van der Waals surface area contributed by atoms with E-state index in [0.717, 1.165) is 24.1 Å². The third-order valence-electron chi connectivity index (χ3n) is 8.79. The number of aliphatic hydroxyl groups is 10. The predicted molar refractivity (Wildman–Crippen MR) is 167 cm³/mol. The number of carbonyl (C=O) groups excluding carboxylic acids is 2. The molecule has 8 atom stereocenters. The van der Waals surface area contributed by atoms with Crippen molar-refractivity contribution in [3.05, 3.63) is 30.1 Å². The van der Waals surface area contributed by atoms with Gasteiger partial charge in [-0.1, -0.05) is 0 Å². The zero-order chi connectivity index (χ0) is 38.8. The van der Waals surface area contributed by atoms with Crippen LogP contribution in [0.3, 0.4) is 0 Å². The number of imidazole rings is 1. The van der Waals surface area contributed by atoms with Crippen LogP contribution in [-0.4, -0.2) is 178 Å². The van der Waals surface area contributed by atoms with Gasteiger partial charge in [-0.3, -0.25) is 9.69 Å². The van der Waals surface area contributed by atoms with E-state index in [4.69, 9.17) is 20.1 Å². The van der Waals surface area contributed by atoms with Crippen LogP contribution in [-0.2, 0) is 17.9 Å². The van der Waals surface area contributed by atoms with Gasteiger partial charge in [0, 0.05) is 43.9 Å². The van der Waals surface area contributed by atoms with Crippen molar-refractivity contribution in [2.45, 2.75) is 101 Å². The Bertz CT molecular complexity index is 1360. The molecule has 0 aliphatic carbocycles. The standard InChI is InChI=1S/C29H49N4O11.C2HF3O2/c1-3-30-16-31(4-2)20-11-17(5-6-19(20)30)29(44)32-9-7-18(8-10-32)33(12-21(36)25(40)27(42)23(38)14-34)13-22(37)26(41)28(43)24(39)15-35;3-2(4,5)1(6)7/h5-6,11,16,18,21-28,34-43H,3-4,7-10,12-15H2,1-2H3;(H,6,7)/q+1;/p-1/t21-,22-,23+,24+,25+,26+,27+,28+;/m0./s1. The molecule has 1 aromatic heterocycles. The van der Waals surface area contributed by atoms with Gasteiger partial charge < -0.3 is 65.9 Å². The van der Waals surface area contributed by atoms with Crippen molar-refractivity contribution in [3.8, 4) is 0 Å². The monoisotopic (exact) mass is 742 g/mol. The third kappa shape index (κ3) is 11.7. The second-order valence-electron chi connectivity index (χ2n) is 12.3. The topological polar surface area (TPSA) is 275 Å². The number of rotatable bonds is 16. The van der Waals surface area contributed by atoms with Crippen molar-refractivity contribution < 1.29 is 83.5 Å². The molecule has 1 aromatic carbocycles. The van der Waals surface area contributed by atoms with E-state index in [2.05, 4.69) is 9.13 Å². The molecule has 0 spiro atoms. The Labute approximate surface area is 291 Å². The van der Waals surface area contributed by atoms with Crippen molar-refractivity contribution in [3.63, 3.8) is 0 Å². The number of carbonyl (C=O) groups is 2. The van der Waals surface area contributed by atoms with Gasteiger partial charge in [0.15, 0.2) is 11.0 Å². The molecule has 10 N–H and O–H groups in total. The van der Waals surface area contributed by atoms with Gasteiger partial charge >= 0.3 is 6.18 Å². The maximum atomic E-state index is 13.5. The number of nitrogens with zero attached hydrogens (tertiary/aromatic N) is 4. The smallest absolute Gasteiger partial charge is 0.430 e. The number of carboxylic acids is 1. The predicted octanol–water partition coefficient (Wildman–Crippen LogP) is -4.95. The first-order valence-corrected chi connectivity index (χ1v) is 16.3. The first-order valence-electron chi connectivity index (χ1n) is 16.3. The Morgan fingerprint density at radius 3 is 1.71 bits per heavy atom. The average Bonchev–Trinajstić information content (AvgIpc) is 3.49. The van der Waals surface area contributed by atoms with Crippen LogP contribution in [0.4, 0.5) is 13.2 Å². The number of carboxylic acid groups (broad SMARTS) is 1. The zero-order valence-corrected chi connectivity index (χ0v) is 28.2. The molecule has 1 amide bonds. The normalized spacial score (nSPS) is 19.1. The quantitative estimate of drug-likeness (QED) is 0.0723. The van der Waals surface area contributed by atoms with Gasteiger partial charge in [0.25, 0.3) is 5.91 Å². The molecule has 17 nitrogen and oxygen atoms in total. The Kier molecular flexibility index (Phi) is 17.1. The molecule has 51 heavy (non-hydrogen) atoms. The lowest BCUT2D eigenvalue weighted by Crippen LogP contribution is -2.56. The van der Waals surface area contributed by atoms with E-state index in [1.54, 1.807) is 11.0 Å². The van der Waals surface area contributed by atoms with E-state index in [-0.39, 0.29) is 25.0 Å². The molecule has 0 bridgehead atoms. The van der Waals surface area contributed by atoms with Gasteiger partial charge in [-0.05, 0) is 38.8 Å². The molecule has 3 rings (SSSR count). The SMILES string of the molecule is CCn1c[n+](CC)c2ccc(C(=O)N3CCC(N(C[C@H](O)[C@@H](O)[C@H](O)[C@H](O)CO)C[C@H](O)[C@@H](O)[C@H](O)[C@H](O)CO)CC3)cc21.O=C([O-])C(F)(F)F. The fourth-order valence-electron chi connectivity index (χ4n) is 5.74. The van der Waals surface area contributed by atoms with Gasteiger partial charge in [0.05, 0.1) is 38.5 Å². The summed E-state index contributed by atoms with van der Waals surface area (Å²) in [5.74, 6) is -3.16.